The molecule has 1 aliphatic rings. The zero-order chi connectivity index (χ0) is 6.81. The molecular formula is C7H5N3+. The van der Waals surface area contributed by atoms with E-state index >= 15 is 0 Å². The van der Waals surface area contributed by atoms with Gasteiger partial charge in [0, 0.05) is 12.3 Å². The summed E-state index contributed by atoms with van der Waals surface area (Å²) in [4.78, 5) is 11.8. The summed E-state index contributed by atoms with van der Waals surface area (Å²) in [6.45, 7) is 0. The molecule has 0 atom stereocenters. The maximum atomic E-state index is 4.03. The summed E-state index contributed by atoms with van der Waals surface area (Å²) in [6.07, 6.45) is 8.60. The Balaban J connectivity index is 2.65. The minimum Gasteiger partial charge on any atom is -0.244 e. The van der Waals surface area contributed by atoms with Gasteiger partial charge in [0.15, 0.2) is 0 Å². The van der Waals surface area contributed by atoms with Crippen LogP contribution in [0.3, 0.4) is 0 Å². The van der Waals surface area contributed by atoms with Crippen molar-refractivity contribution in [2.75, 3.05) is 0 Å². The highest BCUT2D eigenvalue weighted by molar-refractivity contribution is 5.85. The molecule has 1 aromatic heterocycles. The Bertz CT molecular complexity index is 270. The molecule has 3 heteroatoms. The Labute approximate surface area is 58.2 Å². The van der Waals surface area contributed by atoms with Crippen LogP contribution in [0, 0.1) is 0 Å². The lowest BCUT2D eigenvalue weighted by molar-refractivity contribution is 1.13. The predicted molar refractivity (Wildman–Crippen MR) is 38.4 cm³/mol. The summed E-state index contributed by atoms with van der Waals surface area (Å²) >= 11 is 0. The maximum absolute atomic E-state index is 4.03. The van der Waals surface area contributed by atoms with Crippen molar-refractivity contribution in [3.8, 4) is 0 Å². The average Bonchev–Trinajstić information content (AvgIpc) is 2.05. The normalized spacial score (nSPS) is 13.2. The monoisotopic (exact) mass is 131 g/mol. The van der Waals surface area contributed by atoms with E-state index in [0.717, 1.165) is 11.3 Å². The van der Waals surface area contributed by atoms with E-state index in [1.807, 2.05) is 6.08 Å². The van der Waals surface area contributed by atoms with Crippen molar-refractivity contribution < 1.29 is 0 Å². The zero-order valence-electron chi connectivity index (χ0n) is 5.23. The second kappa shape index (κ2) is 2.02. The van der Waals surface area contributed by atoms with Crippen LogP contribution in [0.4, 0.5) is 0 Å². The van der Waals surface area contributed by atoms with Crippen molar-refractivity contribution in [3.63, 3.8) is 0 Å². The summed E-state index contributed by atoms with van der Waals surface area (Å²) in [6, 6.07) is 0. The molecule has 0 N–H and O–H groups in total. The lowest BCUT2D eigenvalue weighted by atomic mass is 10.2. The summed E-state index contributed by atoms with van der Waals surface area (Å²) in [5.41, 5.74) is 1.91. The fourth-order valence-electron chi connectivity index (χ4n) is 0.826. The Kier molecular flexibility index (Phi) is 1.07. The Morgan fingerprint density at radius 2 is 2.40 bits per heavy atom. The number of fused-ring (bicyclic) bond motifs is 1. The van der Waals surface area contributed by atoms with Crippen molar-refractivity contribution >= 4 is 12.3 Å². The van der Waals surface area contributed by atoms with Crippen LogP contribution in [0.1, 0.15) is 11.3 Å². The van der Waals surface area contributed by atoms with Gasteiger partial charge in [-0.15, -0.1) is 0 Å². The molecular weight excluding hydrogens is 126 g/mol. The highest BCUT2D eigenvalue weighted by Gasteiger charge is 2.06. The van der Waals surface area contributed by atoms with Crippen LogP contribution < -0.4 is 4.99 Å². The fraction of sp³-hybridized carbons (Fsp3) is 0. The van der Waals surface area contributed by atoms with Gasteiger partial charge in [-0.25, -0.2) is 9.97 Å². The van der Waals surface area contributed by atoms with Gasteiger partial charge in [-0.2, -0.15) is 0 Å². The summed E-state index contributed by atoms with van der Waals surface area (Å²) in [7, 11) is 0. The average molecular weight is 131 g/mol. The largest absolute Gasteiger partial charge is 0.253 e. The molecule has 0 fully saturated rings. The molecule has 3 nitrogen and oxygen atoms in total. The third kappa shape index (κ3) is 0.719. The van der Waals surface area contributed by atoms with Crippen LogP contribution in [0.2, 0.25) is 0 Å². The minimum atomic E-state index is 0.935. The van der Waals surface area contributed by atoms with E-state index in [9.17, 15) is 0 Å². The molecule has 0 saturated carbocycles. The van der Waals surface area contributed by atoms with Crippen molar-refractivity contribution in [1.29, 1.82) is 0 Å². The highest BCUT2D eigenvalue weighted by Crippen LogP contribution is 2.03. The summed E-state index contributed by atoms with van der Waals surface area (Å²) in [5, 5.41) is 0. The number of hydrogen-bond acceptors (Lipinski definition) is 3. The van der Waals surface area contributed by atoms with Gasteiger partial charge in [-0.1, -0.05) is 0 Å². The van der Waals surface area contributed by atoms with Gasteiger partial charge in [-0.3, -0.25) is 0 Å². The zero-order valence-corrected chi connectivity index (χ0v) is 5.23. The van der Waals surface area contributed by atoms with Crippen LogP contribution >= 0.6 is 0 Å². The molecule has 0 bridgehead atoms. The Morgan fingerprint density at radius 1 is 1.40 bits per heavy atom. The smallest absolute Gasteiger partial charge is 0.244 e. The molecule has 47 valence electrons. The molecule has 1 aliphatic heterocycles. The molecule has 2 rings (SSSR count). The number of aliphatic imine (C=N–C) groups is 1. The van der Waals surface area contributed by atoms with E-state index in [0.29, 0.717) is 0 Å². The first-order chi connectivity index (χ1) is 4.97. The molecule has 1 radical (unpaired) electrons. The molecule has 0 spiro atoms. The summed E-state index contributed by atoms with van der Waals surface area (Å²) < 4.78 is 0. The predicted octanol–water partition coefficient (Wildman–Crippen LogP) is 0.216. The van der Waals surface area contributed by atoms with E-state index in [2.05, 4.69) is 15.0 Å². The molecule has 0 amide bonds. The topological polar surface area (TPSA) is 39.9 Å². The van der Waals surface area contributed by atoms with Crippen molar-refractivity contribution in [1.82, 2.24) is 15.0 Å². The lowest BCUT2D eigenvalue weighted by Gasteiger charge is -1.92. The van der Waals surface area contributed by atoms with Crippen LogP contribution in [0.25, 0.3) is 6.08 Å². The molecule has 0 unspecified atom stereocenters. The van der Waals surface area contributed by atoms with Gasteiger partial charge in [0.2, 0.25) is 6.20 Å². The molecule has 2 heterocycles. The van der Waals surface area contributed by atoms with E-state index in [1.54, 1.807) is 18.6 Å². The number of aromatic nitrogens is 2. The molecule has 0 saturated heterocycles. The Hall–Kier alpha value is -1.51. The van der Waals surface area contributed by atoms with Gasteiger partial charge < -0.3 is 0 Å². The minimum absolute atomic E-state index is 0.935. The summed E-state index contributed by atoms with van der Waals surface area (Å²) in [5.74, 6) is 0. The molecule has 10 heavy (non-hydrogen) atoms. The van der Waals surface area contributed by atoms with E-state index in [-0.39, 0.29) is 0 Å². The first-order valence-corrected chi connectivity index (χ1v) is 2.96. The third-order valence-corrected chi connectivity index (χ3v) is 1.30. The van der Waals surface area contributed by atoms with E-state index in [4.69, 9.17) is 0 Å². The Morgan fingerprint density at radius 3 is 3.30 bits per heavy atom. The fourth-order valence-corrected chi connectivity index (χ4v) is 0.826. The van der Waals surface area contributed by atoms with Crippen LogP contribution in [-0.2, 0) is 0 Å². The van der Waals surface area contributed by atoms with Gasteiger partial charge in [0.05, 0.1) is 16.2 Å². The first-order valence-electron chi connectivity index (χ1n) is 2.96. The number of nitrogens with zero attached hydrogens (tertiary/aromatic N) is 3. The maximum Gasteiger partial charge on any atom is 0.253 e. The second-order valence-corrected chi connectivity index (χ2v) is 1.96. The molecule has 0 aliphatic carbocycles. The van der Waals surface area contributed by atoms with Crippen molar-refractivity contribution in [2.24, 2.45) is 0 Å². The van der Waals surface area contributed by atoms with Gasteiger partial charge in [0.25, 0.3) is 6.21 Å². The van der Waals surface area contributed by atoms with E-state index < -0.39 is 0 Å². The first kappa shape index (κ1) is 5.29. The lowest BCUT2D eigenvalue weighted by Crippen LogP contribution is -1.99. The van der Waals surface area contributed by atoms with Gasteiger partial charge >= 0.3 is 0 Å². The quantitative estimate of drug-likeness (QED) is 0.505. The van der Waals surface area contributed by atoms with Crippen LogP contribution in [0.5, 0.6) is 0 Å². The third-order valence-electron chi connectivity index (χ3n) is 1.30. The molecule has 1 aromatic rings. The van der Waals surface area contributed by atoms with Crippen LogP contribution in [0.15, 0.2) is 18.7 Å². The second-order valence-electron chi connectivity index (χ2n) is 1.96. The highest BCUT2D eigenvalue weighted by atomic mass is 14.8. The van der Waals surface area contributed by atoms with Gasteiger partial charge in [-0.05, 0) is 0 Å². The molecule has 0 aromatic carbocycles. The van der Waals surface area contributed by atoms with E-state index in [1.165, 1.54) is 6.33 Å². The van der Waals surface area contributed by atoms with Crippen LogP contribution in [-0.4, -0.2) is 16.2 Å². The van der Waals surface area contributed by atoms with Crippen molar-refractivity contribution in [3.05, 3.63) is 30.0 Å². The standard InChI is InChI=1S/C7H5N3/c1-2-8-3-6-4-9-5-10-7(1)6/h1-5H/q+1. The SMILES string of the molecule is C1=Cc2ncncc2C=[N+]1. The number of hydrogen-bond donors (Lipinski definition) is 0. The number of rotatable bonds is 0. The van der Waals surface area contributed by atoms with Crippen molar-refractivity contribution in [2.45, 2.75) is 0 Å². The van der Waals surface area contributed by atoms with Gasteiger partial charge in [0.1, 0.15) is 6.33 Å².